The van der Waals surface area contributed by atoms with E-state index < -0.39 is 10.0 Å². The normalized spacial score (nSPS) is 14.5. The highest BCUT2D eigenvalue weighted by Crippen LogP contribution is 2.31. The second kappa shape index (κ2) is 12.5. The van der Waals surface area contributed by atoms with Gasteiger partial charge in [0.1, 0.15) is 0 Å². The van der Waals surface area contributed by atoms with Crippen molar-refractivity contribution in [3.63, 3.8) is 0 Å². The second-order valence-corrected chi connectivity index (χ2v) is 13.6. The molecule has 1 saturated heterocycles. The van der Waals surface area contributed by atoms with Crippen molar-refractivity contribution in [2.45, 2.75) is 18.4 Å². The molecule has 0 unspecified atom stereocenters. The summed E-state index contributed by atoms with van der Waals surface area (Å²) in [5.74, 6) is 0. The van der Waals surface area contributed by atoms with Crippen molar-refractivity contribution in [2.24, 2.45) is 0 Å². The number of hydrogen-bond donors (Lipinski definition) is 0. The van der Waals surface area contributed by atoms with Crippen LogP contribution in [0.5, 0.6) is 0 Å². The van der Waals surface area contributed by atoms with Crippen molar-refractivity contribution in [3.05, 3.63) is 112 Å². The van der Waals surface area contributed by atoms with E-state index in [1.54, 1.807) is 24.5 Å². The lowest BCUT2D eigenvalue weighted by Crippen LogP contribution is -2.47. The fourth-order valence-corrected chi connectivity index (χ4v) is 7.45. The number of aryl methyl sites for hydroxylation is 1. The third-order valence-electron chi connectivity index (χ3n) is 7.74. The third-order valence-corrected chi connectivity index (χ3v) is 10.3. The molecule has 1 aliphatic rings. The van der Waals surface area contributed by atoms with Gasteiger partial charge in [-0.3, -0.25) is 4.90 Å². The van der Waals surface area contributed by atoms with E-state index in [-0.39, 0.29) is 4.90 Å². The second-order valence-electron chi connectivity index (χ2n) is 10.6. The van der Waals surface area contributed by atoms with E-state index >= 15 is 0 Å². The Morgan fingerprint density at radius 2 is 1.60 bits per heavy atom. The van der Waals surface area contributed by atoms with Gasteiger partial charge < -0.3 is 9.64 Å². The number of nitrogens with zero attached hydrogens (tertiary/aromatic N) is 4. The largest absolute Gasteiger partial charge is 0.375 e. The summed E-state index contributed by atoms with van der Waals surface area (Å²) in [4.78, 5) is 9.74. The van der Waals surface area contributed by atoms with Gasteiger partial charge in [0, 0.05) is 65.3 Å². The number of rotatable bonds is 9. The number of hydrogen-bond acceptors (Lipinski definition) is 6. The van der Waals surface area contributed by atoms with E-state index in [1.165, 1.54) is 15.2 Å². The first-order valence-electron chi connectivity index (χ1n) is 14.1. The zero-order valence-corrected chi connectivity index (χ0v) is 26.5. The van der Waals surface area contributed by atoms with Gasteiger partial charge in [0.05, 0.1) is 18.1 Å². The molecule has 1 aliphatic heterocycles. The highest BCUT2D eigenvalue weighted by molar-refractivity contribution is 14.1. The Kier molecular flexibility index (Phi) is 8.62. The summed E-state index contributed by atoms with van der Waals surface area (Å²) < 4.78 is 34.7. The monoisotopic (exact) mass is 692 g/mol. The number of aromatic nitrogens is 2. The first-order valence-corrected chi connectivity index (χ1v) is 16.6. The lowest BCUT2D eigenvalue weighted by molar-refractivity contribution is 0.0907. The van der Waals surface area contributed by atoms with Gasteiger partial charge in [-0.1, -0.05) is 60.2 Å². The van der Waals surface area contributed by atoms with Crippen LogP contribution in [-0.4, -0.2) is 61.6 Å². The van der Waals surface area contributed by atoms with E-state index in [9.17, 15) is 8.42 Å². The maximum atomic E-state index is 13.4. The zero-order valence-electron chi connectivity index (χ0n) is 23.5. The molecule has 0 spiro atoms. The SMILES string of the molecule is Cc1ccc(S(=O)(=O)n2cc(I)c3cc(-c4ccc(N5CCN(CCOCc6ccccc6)CC5)cc4)cnc32)cc1. The number of benzene rings is 3. The molecule has 3 aromatic carbocycles. The van der Waals surface area contributed by atoms with Crippen LogP contribution in [0.15, 0.2) is 102 Å². The molecule has 2 aromatic heterocycles. The third kappa shape index (κ3) is 6.24. The first kappa shape index (κ1) is 28.9. The summed E-state index contributed by atoms with van der Waals surface area (Å²) in [5.41, 5.74) is 5.87. The fourth-order valence-electron chi connectivity index (χ4n) is 5.26. The average Bonchev–Trinajstić information content (AvgIpc) is 3.37. The maximum absolute atomic E-state index is 13.4. The molecule has 6 rings (SSSR count). The lowest BCUT2D eigenvalue weighted by atomic mass is 10.1. The molecule has 0 aliphatic carbocycles. The van der Waals surface area contributed by atoms with Crippen LogP contribution in [0.4, 0.5) is 5.69 Å². The van der Waals surface area contributed by atoms with Crippen LogP contribution < -0.4 is 4.90 Å². The number of piperazine rings is 1. The summed E-state index contributed by atoms with van der Waals surface area (Å²) >= 11 is 2.18. The van der Waals surface area contributed by atoms with E-state index in [2.05, 4.69) is 73.8 Å². The van der Waals surface area contributed by atoms with E-state index in [0.29, 0.717) is 12.3 Å². The number of ether oxygens (including phenoxy) is 1. The minimum absolute atomic E-state index is 0.250. The van der Waals surface area contributed by atoms with Gasteiger partial charge in [0.2, 0.25) is 0 Å². The molecule has 42 heavy (non-hydrogen) atoms. The maximum Gasteiger partial charge on any atom is 0.269 e. The zero-order chi connectivity index (χ0) is 29.1. The molecule has 216 valence electrons. The molecule has 7 nitrogen and oxygen atoms in total. The molecular formula is C33H33IN4O3S. The topological polar surface area (TPSA) is 67.7 Å². The van der Waals surface area contributed by atoms with Crippen LogP contribution in [0.3, 0.4) is 0 Å². The number of anilines is 1. The number of fused-ring (bicyclic) bond motifs is 1. The molecule has 0 atom stereocenters. The van der Waals surface area contributed by atoms with Gasteiger partial charge in [-0.25, -0.2) is 17.4 Å². The molecular weight excluding hydrogens is 659 g/mol. The summed E-state index contributed by atoms with van der Waals surface area (Å²) in [6.45, 7) is 8.26. The molecule has 3 heterocycles. The smallest absolute Gasteiger partial charge is 0.269 e. The highest BCUT2D eigenvalue weighted by atomic mass is 127. The molecule has 0 saturated carbocycles. The van der Waals surface area contributed by atoms with Crippen molar-refractivity contribution < 1.29 is 13.2 Å². The summed E-state index contributed by atoms with van der Waals surface area (Å²) in [7, 11) is -3.75. The average molecular weight is 693 g/mol. The molecule has 0 amide bonds. The Morgan fingerprint density at radius 3 is 2.31 bits per heavy atom. The number of halogens is 1. The minimum atomic E-state index is -3.75. The molecule has 1 fully saturated rings. The summed E-state index contributed by atoms with van der Waals surface area (Å²) in [5, 5.41) is 0.816. The lowest BCUT2D eigenvalue weighted by Gasteiger charge is -2.36. The van der Waals surface area contributed by atoms with E-state index in [1.807, 2.05) is 43.3 Å². The summed E-state index contributed by atoms with van der Waals surface area (Å²) in [6, 6.07) is 27.8. The molecule has 0 radical (unpaired) electrons. The van der Waals surface area contributed by atoms with Crippen molar-refractivity contribution in [3.8, 4) is 11.1 Å². The van der Waals surface area contributed by atoms with Crippen LogP contribution in [0.1, 0.15) is 11.1 Å². The van der Waals surface area contributed by atoms with Gasteiger partial charge in [0.25, 0.3) is 10.0 Å². The van der Waals surface area contributed by atoms with Crippen LogP contribution in [0.25, 0.3) is 22.2 Å². The van der Waals surface area contributed by atoms with Gasteiger partial charge >= 0.3 is 0 Å². The molecule has 5 aromatic rings. The van der Waals surface area contributed by atoms with Crippen LogP contribution in [0.2, 0.25) is 0 Å². The van der Waals surface area contributed by atoms with Gasteiger partial charge in [-0.05, 0) is 71.0 Å². The standard InChI is InChI=1S/C33H33IN4O3S/c1-25-7-13-30(14-8-25)42(39,40)38-23-32(34)31-21-28(22-35-33(31)38)27-9-11-29(12-10-27)37-17-15-36(16-18-37)19-20-41-24-26-5-3-2-4-6-26/h2-14,21-23H,15-20,24H2,1H3. The fraction of sp³-hybridized carbons (Fsp3) is 0.242. The van der Waals surface area contributed by atoms with Crippen molar-refractivity contribution >= 4 is 49.3 Å². The van der Waals surface area contributed by atoms with E-state index in [4.69, 9.17) is 4.74 Å². The van der Waals surface area contributed by atoms with Crippen molar-refractivity contribution in [2.75, 3.05) is 44.2 Å². The molecule has 9 heteroatoms. The van der Waals surface area contributed by atoms with Gasteiger partial charge in [-0.2, -0.15) is 0 Å². The van der Waals surface area contributed by atoms with Crippen LogP contribution in [-0.2, 0) is 21.4 Å². The highest BCUT2D eigenvalue weighted by Gasteiger charge is 2.22. The molecule has 0 bridgehead atoms. The summed E-state index contributed by atoms with van der Waals surface area (Å²) in [6.07, 6.45) is 3.41. The quantitative estimate of drug-likeness (QED) is 0.136. The Balaban J connectivity index is 1.08. The van der Waals surface area contributed by atoms with E-state index in [0.717, 1.165) is 65.0 Å². The predicted molar refractivity (Wildman–Crippen MR) is 176 cm³/mol. The Bertz CT molecular complexity index is 1760. The Morgan fingerprint density at radius 1 is 0.881 bits per heavy atom. The Labute approximate surface area is 260 Å². The van der Waals surface area contributed by atoms with Crippen LogP contribution >= 0.6 is 22.6 Å². The number of pyridine rings is 1. The van der Waals surface area contributed by atoms with Crippen molar-refractivity contribution in [1.29, 1.82) is 0 Å². The molecule has 0 N–H and O–H groups in total. The minimum Gasteiger partial charge on any atom is -0.375 e. The van der Waals surface area contributed by atoms with Crippen molar-refractivity contribution in [1.82, 2.24) is 13.9 Å². The predicted octanol–water partition coefficient (Wildman–Crippen LogP) is 6.19. The van der Waals surface area contributed by atoms with Gasteiger partial charge in [-0.15, -0.1) is 0 Å². The van der Waals surface area contributed by atoms with Crippen LogP contribution in [0, 0.1) is 10.5 Å². The Hall–Kier alpha value is -3.25. The van der Waals surface area contributed by atoms with Gasteiger partial charge in [0.15, 0.2) is 5.65 Å². The first-order chi connectivity index (χ1) is 20.4.